The molecule has 0 amide bonds. The molecule has 0 aliphatic carbocycles. The fourth-order valence-corrected chi connectivity index (χ4v) is 2.30. The van der Waals surface area contributed by atoms with Crippen LogP contribution in [0.5, 0.6) is 0 Å². The Hall–Kier alpha value is -1.24. The molecule has 0 spiro atoms. The third-order valence-corrected chi connectivity index (χ3v) is 3.27. The van der Waals surface area contributed by atoms with Gasteiger partial charge in [-0.1, -0.05) is 15.9 Å². The van der Waals surface area contributed by atoms with Crippen molar-refractivity contribution in [2.24, 2.45) is 5.84 Å². The molecule has 0 aliphatic heterocycles. The molecule has 1 heterocycles. The van der Waals surface area contributed by atoms with Gasteiger partial charge in [-0.2, -0.15) is 5.10 Å². The van der Waals surface area contributed by atoms with E-state index in [1.807, 2.05) is 13.0 Å². The Balaban J connectivity index is 2.48. The minimum absolute atomic E-state index is 0.301. The summed E-state index contributed by atoms with van der Waals surface area (Å²) in [5, 5.41) is 4.17. The summed E-state index contributed by atoms with van der Waals surface area (Å²) >= 11 is 3.33. The van der Waals surface area contributed by atoms with Gasteiger partial charge in [0, 0.05) is 22.8 Å². The summed E-state index contributed by atoms with van der Waals surface area (Å²) < 4.78 is 16.5. The number of nitrogens with one attached hydrogen (secondary N) is 1. The number of aryl methyl sites for hydroxylation is 1. The average molecular weight is 313 g/mol. The normalized spacial score (nSPS) is 12.7. The number of hydrogen-bond acceptors (Lipinski definition) is 3. The average Bonchev–Trinajstić information content (AvgIpc) is 2.83. The molecule has 1 unspecified atom stereocenters. The lowest BCUT2D eigenvalue weighted by Crippen LogP contribution is -2.31. The van der Waals surface area contributed by atoms with E-state index in [0.29, 0.717) is 12.1 Å². The molecule has 0 saturated carbocycles. The third-order valence-electron chi connectivity index (χ3n) is 2.78. The lowest BCUT2D eigenvalue weighted by atomic mass is 10.0. The second-order valence-corrected chi connectivity index (χ2v) is 4.75. The van der Waals surface area contributed by atoms with E-state index < -0.39 is 6.04 Å². The molecule has 3 N–H and O–H groups in total. The monoisotopic (exact) mass is 312 g/mol. The summed E-state index contributed by atoms with van der Waals surface area (Å²) in [6, 6.07) is 6.19. The van der Waals surface area contributed by atoms with Crippen LogP contribution in [-0.2, 0) is 6.54 Å². The van der Waals surface area contributed by atoms with Crippen LogP contribution in [0, 0.1) is 5.82 Å². The van der Waals surface area contributed by atoms with Crippen molar-refractivity contribution >= 4 is 15.9 Å². The van der Waals surface area contributed by atoms with Crippen LogP contribution in [0.25, 0.3) is 0 Å². The zero-order valence-corrected chi connectivity index (χ0v) is 11.5. The van der Waals surface area contributed by atoms with E-state index in [2.05, 4.69) is 26.5 Å². The van der Waals surface area contributed by atoms with Crippen molar-refractivity contribution in [1.82, 2.24) is 15.2 Å². The molecular weight excluding hydrogens is 299 g/mol. The van der Waals surface area contributed by atoms with E-state index in [1.165, 1.54) is 6.07 Å². The Labute approximate surface area is 113 Å². The van der Waals surface area contributed by atoms with E-state index in [0.717, 1.165) is 10.2 Å². The van der Waals surface area contributed by atoms with Gasteiger partial charge in [-0.3, -0.25) is 10.5 Å². The zero-order chi connectivity index (χ0) is 13.1. The fraction of sp³-hybridized carbons (Fsp3) is 0.250. The molecule has 4 nitrogen and oxygen atoms in total. The minimum atomic E-state index is -0.426. The van der Waals surface area contributed by atoms with Gasteiger partial charge in [-0.15, -0.1) is 0 Å². The van der Waals surface area contributed by atoms with E-state index in [-0.39, 0.29) is 5.82 Å². The predicted molar refractivity (Wildman–Crippen MR) is 71.2 cm³/mol. The fourth-order valence-electron chi connectivity index (χ4n) is 1.92. The first-order chi connectivity index (χ1) is 8.67. The van der Waals surface area contributed by atoms with Crippen LogP contribution < -0.4 is 11.3 Å². The first kappa shape index (κ1) is 13.2. The highest BCUT2D eigenvalue weighted by atomic mass is 79.9. The lowest BCUT2D eigenvalue weighted by molar-refractivity contribution is 0.516. The van der Waals surface area contributed by atoms with E-state index in [9.17, 15) is 4.39 Å². The Morgan fingerprint density at radius 3 is 2.94 bits per heavy atom. The van der Waals surface area contributed by atoms with Gasteiger partial charge in [-0.25, -0.2) is 9.82 Å². The van der Waals surface area contributed by atoms with Gasteiger partial charge in [0.25, 0.3) is 0 Å². The number of benzene rings is 1. The summed E-state index contributed by atoms with van der Waals surface area (Å²) in [5.41, 5.74) is 3.96. The largest absolute Gasteiger partial charge is 0.271 e. The highest BCUT2D eigenvalue weighted by molar-refractivity contribution is 9.10. The Morgan fingerprint density at radius 2 is 2.28 bits per heavy atom. The van der Waals surface area contributed by atoms with Crippen molar-refractivity contribution in [2.45, 2.75) is 19.5 Å². The van der Waals surface area contributed by atoms with Crippen LogP contribution in [-0.4, -0.2) is 9.78 Å². The molecule has 1 atom stereocenters. The van der Waals surface area contributed by atoms with Gasteiger partial charge in [0.15, 0.2) is 0 Å². The van der Waals surface area contributed by atoms with Gasteiger partial charge in [0.2, 0.25) is 0 Å². The molecule has 0 bridgehead atoms. The standard InChI is InChI=1S/C12H14BrFN4/c1-2-18-11(5-6-16-18)12(17-15)9-7-8(13)3-4-10(9)14/h3-7,12,17H,2,15H2,1H3. The van der Waals surface area contributed by atoms with Crippen molar-refractivity contribution < 1.29 is 4.39 Å². The Bertz CT molecular complexity index is 541. The molecule has 0 saturated heterocycles. The minimum Gasteiger partial charge on any atom is -0.271 e. The maximum atomic E-state index is 13.9. The summed E-state index contributed by atoms with van der Waals surface area (Å²) in [5.74, 6) is 5.26. The van der Waals surface area contributed by atoms with E-state index >= 15 is 0 Å². The zero-order valence-electron chi connectivity index (χ0n) is 9.90. The van der Waals surface area contributed by atoms with Crippen LogP contribution in [0.2, 0.25) is 0 Å². The van der Waals surface area contributed by atoms with Crippen LogP contribution >= 0.6 is 15.9 Å². The van der Waals surface area contributed by atoms with Crippen molar-refractivity contribution in [3.8, 4) is 0 Å². The van der Waals surface area contributed by atoms with Gasteiger partial charge in [0.1, 0.15) is 5.82 Å². The number of hydrazine groups is 1. The molecule has 18 heavy (non-hydrogen) atoms. The van der Waals surface area contributed by atoms with Gasteiger partial charge >= 0.3 is 0 Å². The molecule has 0 aliphatic rings. The predicted octanol–water partition coefficient (Wildman–Crippen LogP) is 2.36. The first-order valence-corrected chi connectivity index (χ1v) is 6.39. The smallest absolute Gasteiger partial charge is 0.128 e. The summed E-state index contributed by atoms with van der Waals surface area (Å²) in [4.78, 5) is 0. The molecular formula is C12H14BrFN4. The molecule has 96 valence electrons. The number of nitrogens with two attached hydrogens (primary N) is 1. The summed E-state index contributed by atoms with van der Waals surface area (Å²) in [7, 11) is 0. The topological polar surface area (TPSA) is 55.9 Å². The second-order valence-electron chi connectivity index (χ2n) is 3.84. The van der Waals surface area contributed by atoms with Crippen LogP contribution in [0.15, 0.2) is 34.9 Å². The maximum absolute atomic E-state index is 13.9. The van der Waals surface area contributed by atoms with Gasteiger partial charge in [0.05, 0.1) is 11.7 Å². The van der Waals surface area contributed by atoms with E-state index in [1.54, 1.807) is 23.0 Å². The van der Waals surface area contributed by atoms with Gasteiger partial charge in [-0.05, 0) is 31.2 Å². The first-order valence-electron chi connectivity index (χ1n) is 5.60. The second kappa shape index (κ2) is 5.60. The van der Waals surface area contributed by atoms with Crippen LogP contribution in [0.1, 0.15) is 24.2 Å². The number of nitrogens with zero attached hydrogens (tertiary/aromatic N) is 2. The van der Waals surface area contributed by atoms with Crippen molar-refractivity contribution in [1.29, 1.82) is 0 Å². The van der Waals surface area contributed by atoms with Crippen molar-refractivity contribution in [3.05, 3.63) is 52.0 Å². The molecule has 2 rings (SSSR count). The number of hydrogen-bond donors (Lipinski definition) is 2. The number of aromatic nitrogens is 2. The summed E-state index contributed by atoms with van der Waals surface area (Å²) in [6.45, 7) is 2.68. The molecule has 1 aromatic carbocycles. The quantitative estimate of drug-likeness (QED) is 0.673. The third kappa shape index (κ3) is 2.45. The lowest BCUT2D eigenvalue weighted by Gasteiger charge is -2.18. The molecule has 6 heteroatoms. The number of halogens is 2. The summed E-state index contributed by atoms with van der Waals surface area (Å²) in [6.07, 6.45) is 1.68. The Morgan fingerprint density at radius 1 is 1.50 bits per heavy atom. The van der Waals surface area contributed by atoms with Crippen molar-refractivity contribution in [2.75, 3.05) is 0 Å². The molecule has 0 fully saturated rings. The highest BCUT2D eigenvalue weighted by Crippen LogP contribution is 2.26. The van der Waals surface area contributed by atoms with Crippen LogP contribution in [0.3, 0.4) is 0 Å². The Kier molecular flexibility index (Phi) is 4.11. The van der Waals surface area contributed by atoms with Crippen LogP contribution in [0.4, 0.5) is 4.39 Å². The SMILES string of the molecule is CCn1nccc1C(NN)c1cc(Br)ccc1F. The van der Waals surface area contributed by atoms with Crippen molar-refractivity contribution in [3.63, 3.8) is 0 Å². The van der Waals surface area contributed by atoms with E-state index in [4.69, 9.17) is 5.84 Å². The molecule has 0 radical (unpaired) electrons. The number of rotatable bonds is 4. The van der Waals surface area contributed by atoms with Gasteiger partial charge < -0.3 is 0 Å². The molecule has 1 aromatic heterocycles. The maximum Gasteiger partial charge on any atom is 0.128 e. The molecule has 2 aromatic rings. The highest BCUT2D eigenvalue weighted by Gasteiger charge is 2.20.